The summed E-state index contributed by atoms with van der Waals surface area (Å²) < 4.78 is 1.85. The lowest BCUT2D eigenvalue weighted by atomic mass is 10.1. The van der Waals surface area contributed by atoms with E-state index < -0.39 is 0 Å². The summed E-state index contributed by atoms with van der Waals surface area (Å²) in [7, 11) is 0. The molecule has 0 fully saturated rings. The number of amides is 2. The number of nitrogens with zero attached hydrogens (tertiary/aromatic N) is 3. The third-order valence-electron chi connectivity index (χ3n) is 3.79. The largest absolute Gasteiger partial charge is 0.332 e. The number of halogens is 1. The maximum Gasteiger partial charge on any atom is 0.315 e. The van der Waals surface area contributed by atoms with Crippen molar-refractivity contribution in [1.29, 1.82) is 0 Å². The van der Waals surface area contributed by atoms with Gasteiger partial charge in [0, 0.05) is 11.2 Å². The van der Waals surface area contributed by atoms with E-state index in [2.05, 4.69) is 20.8 Å². The number of fused-ring (bicyclic) bond motifs is 1. The van der Waals surface area contributed by atoms with E-state index in [1.54, 1.807) is 6.07 Å². The number of carbonyl (C=O) groups is 1. The van der Waals surface area contributed by atoms with Crippen LogP contribution in [0.15, 0.2) is 48.7 Å². The first-order valence-electron chi connectivity index (χ1n) is 7.67. The van der Waals surface area contributed by atoms with E-state index in [0.717, 1.165) is 11.2 Å². The Balaban J connectivity index is 1.67. The van der Waals surface area contributed by atoms with Gasteiger partial charge in [-0.3, -0.25) is 4.40 Å². The molecule has 0 aliphatic rings. The molecule has 2 amide bonds. The van der Waals surface area contributed by atoms with Crippen LogP contribution in [0.3, 0.4) is 0 Å². The van der Waals surface area contributed by atoms with Gasteiger partial charge >= 0.3 is 6.03 Å². The molecule has 6 nitrogen and oxygen atoms in total. The molecule has 7 heteroatoms. The Morgan fingerprint density at radius 1 is 1.04 bits per heavy atom. The summed E-state index contributed by atoms with van der Waals surface area (Å²) >= 11 is 6.16. The Bertz CT molecular complexity index is 863. The first-order valence-corrected chi connectivity index (χ1v) is 8.05. The second kappa shape index (κ2) is 6.88. The summed E-state index contributed by atoms with van der Waals surface area (Å²) in [5, 5.41) is 14.6. The van der Waals surface area contributed by atoms with Crippen LogP contribution in [0.1, 0.15) is 37.3 Å². The predicted molar refractivity (Wildman–Crippen MR) is 92.9 cm³/mol. The minimum atomic E-state index is -0.291. The minimum absolute atomic E-state index is 0.207. The molecule has 2 atom stereocenters. The summed E-state index contributed by atoms with van der Waals surface area (Å²) in [6.07, 6.45) is 1.87. The van der Waals surface area contributed by atoms with Gasteiger partial charge in [0.1, 0.15) is 0 Å². The van der Waals surface area contributed by atoms with Crippen molar-refractivity contribution in [3.8, 4) is 0 Å². The van der Waals surface area contributed by atoms with Crippen LogP contribution in [0.25, 0.3) is 5.65 Å². The van der Waals surface area contributed by atoms with Gasteiger partial charge in [0.15, 0.2) is 11.5 Å². The van der Waals surface area contributed by atoms with Crippen molar-refractivity contribution in [3.05, 3.63) is 65.1 Å². The van der Waals surface area contributed by atoms with Gasteiger partial charge in [0.25, 0.3) is 0 Å². The highest BCUT2D eigenvalue weighted by atomic mass is 35.5. The molecule has 0 saturated heterocycles. The Morgan fingerprint density at radius 3 is 2.54 bits per heavy atom. The van der Waals surface area contributed by atoms with Crippen LogP contribution < -0.4 is 10.6 Å². The molecule has 0 spiro atoms. The second-order valence-corrected chi connectivity index (χ2v) is 5.98. The van der Waals surface area contributed by atoms with Crippen LogP contribution in [-0.4, -0.2) is 20.6 Å². The van der Waals surface area contributed by atoms with Gasteiger partial charge in [0.2, 0.25) is 0 Å². The first-order chi connectivity index (χ1) is 11.6. The summed E-state index contributed by atoms with van der Waals surface area (Å²) in [5.41, 5.74) is 1.61. The van der Waals surface area contributed by atoms with Crippen LogP contribution in [0.2, 0.25) is 5.02 Å². The Kier molecular flexibility index (Phi) is 4.66. The highest BCUT2D eigenvalue weighted by molar-refractivity contribution is 6.31. The third kappa shape index (κ3) is 3.33. The molecule has 1 aromatic carbocycles. The van der Waals surface area contributed by atoms with Crippen molar-refractivity contribution in [2.75, 3.05) is 0 Å². The molecule has 0 aliphatic carbocycles. The molecule has 0 aliphatic heterocycles. The first kappa shape index (κ1) is 16.3. The zero-order valence-corrected chi connectivity index (χ0v) is 14.2. The van der Waals surface area contributed by atoms with Crippen molar-refractivity contribution in [2.24, 2.45) is 0 Å². The van der Waals surface area contributed by atoms with E-state index in [9.17, 15) is 4.79 Å². The van der Waals surface area contributed by atoms with Crippen molar-refractivity contribution < 1.29 is 4.79 Å². The molecule has 3 aromatic rings. The summed E-state index contributed by atoms with van der Waals surface area (Å²) in [6.45, 7) is 3.75. The number of rotatable bonds is 4. The van der Waals surface area contributed by atoms with E-state index in [0.29, 0.717) is 10.8 Å². The molecule has 24 heavy (non-hydrogen) atoms. The SMILES string of the molecule is CC(NC(=O)NC(C)c1nnc2ccccn12)c1ccccc1Cl. The predicted octanol–water partition coefficient (Wildman–Crippen LogP) is 3.50. The zero-order chi connectivity index (χ0) is 17.1. The molecule has 0 saturated carbocycles. The van der Waals surface area contributed by atoms with Crippen LogP contribution in [0.4, 0.5) is 4.79 Å². The average Bonchev–Trinajstić information content (AvgIpc) is 2.99. The molecular formula is C17H18ClN5O. The molecule has 2 N–H and O–H groups in total. The Labute approximate surface area is 144 Å². The van der Waals surface area contributed by atoms with Gasteiger partial charge in [-0.15, -0.1) is 10.2 Å². The molecule has 2 unspecified atom stereocenters. The lowest BCUT2D eigenvalue weighted by molar-refractivity contribution is 0.234. The molecule has 2 heterocycles. The van der Waals surface area contributed by atoms with Crippen LogP contribution in [-0.2, 0) is 0 Å². The van der Waals surface area contributed by atoms with E-state index in [1.807, 2.05) is 60.8 Å². The number of aromatic nitrogens is 3. The van der Waals surface area contributed by atoms with Gasteiger partial charge in [-0.2, -0.15) is 0 Å². The topological polar surface area (TPSA) is 71.3 Å². The minimum Gasteiger partial charge on any atom is -0.332 e. The van der Waals surface area contributed by atoms with Gasteiger partial charge in [-0.25, -0.2) is 4.79 Å². The van der Waals surface area contributed by atoms with Crippen molar-refractivity contribution in [2.45, 2.75) is 25.9 Å². The quantitative estimate of drug-likeness (QED) is 0.761. The number of nitrogens with one attached hydrogen (secondary N) is 2. The smallest absolute Gasteiger partial charge is 0.315 e. The number of pyridine rings is 1. The average molecular weight is 344 g/mol. The number of hydrogen-bond acceptors (Lipinski definition) is 3. The fourth-order valence-electron chi connectivity index (χ4n) is 2.56. The van der Waals surface area contributed by atoms with Crippen LogP contribution >= 0.6 is 11.6 Å². The van der Waals surface area contributed by atoms with Crippen LogP contribution in [0, 0.1) is 0 Å². The van der Waals surface area contributed by atoms with Crippen molar-refractivity contribution in [3.63, 3.8) is 0 Å². The molecule has 124 valence electrons. The lowest BCUT2D eigenvalue weighted by Crippen LogP contribution is -2.39. The number of urea groups is 1. The highest BCUT2D eigenvalue weighted by Crippen LogP contribution is 2.22. The number of hydrogen-bond donors (Lipinski definition) is 2. The fraction of sp³-hybridized carbons (Fsp3) is 0.235. The maximum atomic E-state index is 12.3. The standard InChI is InChI=1S/C17H18ClN5O/c1-11(13-7-3-4-8-14(13)18)19-17(24)20-12(2)16-22-21-15-9-5-6-10-23(15)16/h3-12H,1-2H3,(H2,19,20,24). The van der Waals surface area contributed by atoms with Crippen molar-refractivity contribution in [1.82, 2.24) is 25.2 Å². The zero-order valence-electron chi connectivity index (χ0n) is 13.4. The van der Waals surface area contributed by atoms with Gasteiger partial charge in [0.05, 0.1) is 12.1 Å². The van der Waals surface area contributed by atoms with Gasteiger partial charge in [-0.1, -0.05) is 35.9 Å². The number of carbonyl (C=O) groups excluding carboxylic acids is 1. The monoisotopic (exact) mass is 343 g/mol. The number of benzene rings is 1. The summed E-state index contributed by atoms with van der Waals surface area (Å²) in [4.78, 5) is 12.3. The van der Waals surface area contributed by atoms with Crippen LogP contribution in [0.5, 0.6) is 0 Å². The van der Waals surface area contributed by atoms with Gasteiger partial charge in [-0.05, 0) is 37.6 Å². The fourth-order valence-corrected chi connectivity index (χ4v) is 2.86. The third-order valence-corrected chi connectivity index (χ3v) is 4.14. The molecule has 0 bridgehead atoms. The maximum absolute atomic E-state index is 12.3. The summed E-state index contributed by atoms with van der Waals surface area (Å²) in [5.74, 6) is 0.672. The normalized spacial score (nSPS) is 13.5. The van der Waals surface area contributed by atoms with E-state index in [1.165, 1.54) is 0 Å². The second-order valence-electron chi connectivity index (χ2n) is 5.57. The molecule has 2 aromatic heterocycles. The van der Waals surface area contributed by atoms with E-state index in [-0.39, 0.29) is 18.1 Å². The summed E-state index contributed by atoms with van der Waals surface area (Å²) in [6, 6.07) is 12.3. The highest BCUT2D eigenvalue weighted by Gasteiger charge is 2.17. The van der Waals surface area contributed by atoms with E-state index in [4.69, 9.17) is 11.6 Å². The molecule has 0 radical (unpaired) electrons. The van der Waals surface area contributed by atoms with Gasteiger partial charge < -0.3 is 10.6 Å². The Hall–Kier alpha value is -2.60. The lowest BCUT2D eigenvalue weighted by Gasteiger charge is -2.18. The molecule has 3 rings (SSSR count). The molecular weight excluding hydrogens is 326 g/mol. The Morgan fingerprint density at radius 2 is 1.75 bits per heavy atom. The van der Waals surface area contributed by atoms with Crippen molar-refractivity contribution >= 4 is 23.3 Å². The van der Waals surface area contributed by atoms with E-state index >= 15 is 0 Å².